The maximum absolute atomic E-state index is 12.9. The zero-order valence-electron chi connectivity index (χ0n) is 19.6. The van der Waals surface area contributed by atoms with Crippen LogP contribution in [-0.4, -0.2) is 83.8 Å². The highest BCUT2D eigenvalue weighted by Gasteiger charge is 2.31. The quantitative estimate of drug-likeness (QED) is 0.505. The number of halogens is 1. The highest BCUT2D eigenvalue weighted by molar-refractivity contribution is 7.98. The molecule has 1 aromatic carbocycles. The number of carbonyl (C=O) groups excluding carboxylic acids is 4. The number of nitrogens with one attached hydrogen (secondary N) is 1. The standard InChI is InChI=1S/C24H28ClN3O6S/c1-16(22(30)27-10-12-28(13-11-27)23(31)20-4-3-14-33-20)34-24(32)19(9-15-35-2)26-21(29)17-5-7-18(25)8-6-17/h3-8,14,16,19H,9-13,15H2,1-2H3,(H,26,29)/t16-,19-/m1/s1. The average Bonchev–Trinajstić information content (AvgIpc) is 3.41. The van der Waals surface area contributed by atoms with Gasteiger partial charge in [0.15, 0.2) is 11.9 Å². The number of rotatable bonds is 9. The third-order valence-electron chi connectivity index (χ3n) is 5.56. The smallest absolute Gasteiger partial charge is 0.329 e. The average molecular weight is 522 g/mol. The fraction of sp³-hybridized carbons (Fsp3) is 0.417. The molecule has 35 heavy (non-hydrogen) atoms. The van der Waals surface area contributed by atoms with Gasteiger partial charge in [0, 0.05) is 36.8 Å². The number of esters is 1. The summed E-state index contributed by atoms with van der Waals surface area (Å²) in [6.07, 6.45) is 2.66. The molecule has 1 aromatic heterocycles. The monoisotopic (exact) mass is 521 g/mol. The Balaban J connectivity index is 1.54. The summed E-state index contributed by atoms with van der Waals surface area (Å²) in [6, 6.07) is 8.66. The minimum atomic E-state index is -1.03. The molecule has 188 valence electrons. The molecule has 9 nitrogen and oxygen atoms in total. The summed E-state index contributed by atoms with van der Waals surface area (Å²) in [4.78, 5) is 53.9. The van der Waals surface area contributed by atoms with E-state index in [4.69, 9.17) is 20.8 Å². The van der Waals surface area contributed by atoms with Crippen molar-refractivity contribution in [3.8, 4) is 0 Å². The van der Waals surface area contributed by atoms with Crippen molar-refractivity contribution in [2.75, 3.05) is 38.2 Å². The molecule has 1 N–H and O–H groups in total. The molecular weight excluding hydrogens is 494 g/mol. The Bertz CT molecular complexity index is 1020. The van der Waals surface area contributed by atoms with Crippen molar-refractivity contribution in [3.63, 3.8) is 0 Å². The van der Waals surface area contributed by atoms with Crippen LogP contribution in [0.1, 0.15) is 34.3 Å². The van der Waals surface area contributed by atoms with E-state index in [1.54, 1.807) is 46.2 Å². The number of furan rings is 1. The number of piperazine rings is 1. The maximum atomic E-state index is 12.9. The predicted octanol–water partition coefficient (Wildman–Crippen LogP) is 2.70. The first kappa shape index (κ1) is 26.6. The van der Waals surface area contributed by atoms with E-state index in [0.29, 0.717) is 48.9 Å². The summed E-state index contributed by atoms with van der Waals surface area (Å²) in [5.41, 5.74) is 0.363. The Hall–Kier alpha value is -2.98. The lowest BCUT2D eigenvalue weighted by atomic mass is 10.1. The van der Waals surface area contributed by atoms with Gasteiger partial charge in [-0.25, -0.2) is 4.79 Å². The van der Waals surface area contributed by atoms with Gasteiger partial charge < -0.3 is 24.3 Å². The summed E-state index contributed by atoms with van der Waals surface area (Å²) >= 11 is 7.40. The van der Waals surface area contributed by atoms with Gasteiger partial charge in [0.25, 0.3) is 17.7 Å². The van der Waals surface area contributed by atoms with Gasteiger partial charge in [-0.05, 0) is 61.8 Å². The molecule has 0 saturated carbocycles. The van der Waals surface area contributed by atoms with E-state index in [-0.39, 0.29) is 17.6 Å². The second kappa shape index (κ2) is 12.6. The van der Waals surface area contributed by atoms with E-state index >= 15 is 0 Å². The molecule has 2 heterocycles. The molecular formula is C24H28ClN3O6S. The molecule has 2 aromatic rings. The van der Waals surface area contributed by atoms with Crippen molar-refractivity contribution >= 4 is 47.1 Å². The third-order valence-corrected chi connectivity index (χ3v) is 6.45. The molecule has 1 fully saturated rings. The lowest BCUT2D eigenvalue weighted by Gasteiger charge is -2.35. The van der Waals surface area contributed by atoms with Gasteiger partial charge in [0.2, 0.25) is 0 Å². The predicted molar refractivity (Wildman–Crippen MR) is 132 cm³/mol. The van der Waals surface area contributed by atoms with Crippen LogP contribution in [0, 0.1) is 0 Å². The van der Waals surface area contributed by atoms with Crippen molar-refractivity contribution in [1.82, 2.24) is 15.1 Å². The summed E-state index contributed by atoms with van der Waals surface area (Å²) in [5.74, 6) is -0.807. The number of thioether (sulfide) groups is 1. The van der Waals surface area contributed by atoms with E-state index < -0.39 is 24.0 Å². The number of amides is 3. The number of ether oxygens (including phenoxy) is 1. The number of hydrogen-bond donors (Lipinski definition) is 1. The number of hydrogen-bond acceptors (Lipinski definition) is 7. The fourth-order valence-corrected chi connectivity index (χ4v) is 4.17. The summed E-state index contributed by atoms with van der Waals surface area (Å²) in [6.45, 7) is 2.83. The Morgan fingerprint density at radius 1 is 1.09 bits per heavy atom. The van der Waals surface area contributed by atoms with Crippen molar-refractivity contribution in [2.24, 2.45) is 0 Å². The van der Waals surface area contributed by atoms with E-state index in [9.17, 15) is 19.2 Å². The SMILES string of the molecule is CSCC[C@@H](NC(=O)c1ccc(Cl)cc1)C(=O)O[C@H](C)C(=O)N1CCN(C(=O)c2ccco2)CC1. The van der Waals surface area contributed by atoms with Gasteiger partial charge in [-0.1, -0.05) is 11.6 Å². The van der Waals surface area contributed by atoms with Crippen molar-refractivity contribution in [2.45, 2.75) is 25.5 Å². The van der Waals surface area contributed by atoms with Gasteiger partial charge in [0.05, 0.1) is 6.26 Å². The number of benzene rings is 1. The molecule has 0 spiro atoms. The molecule has 2 atom stereocenters. The number of nitrogens with zero attached hydrogens (tertiary/aromatic N) is 2. The summed E-state index contributed by atoms with van der Waals surface area (Å²) < 4.78 is 10.6. The normalized spacial score (nSPS) is 15.3. The second-order valence-corrected chi connectivity index (χ2v) is 9.41. The van der Waals surface area contributed by atoms with E-state index in [0.717, 1.165) is 0 Å². The molecule has 1 saturated heterocycles. The summed E-state index contributed by atoms with van der Waals surface area (Å²) in [7, 11) is 0. The van der Waals surface area contributed by atoms with Crippen LogP contribution >= 0.6 is 23.4 Å². The van der Waals surface area contributed by atoms with Gasteiger partial charge in [-0.3, -0.25) is 14.4 Å². The van der Waals surface area contributed by atoms with Crippen LogP contribution in [0.2, 0.25) is 5.02 Å². The van der Waals surface area contributed by atoms with Gasteiger partial charge in [-0.2, -0.15) is 11.8 Å². The molecule has 0 radical (unpaired) electrons. The van der Waals surface area contributed by atoms with E-state index in [2.05, 4.69) is 5.32 Å². The lowest BCUT2D eigenvalue weighted by Crippen LogP contribution is -2.53. The van der Waals surface area contributed by atoms with Crippen molar-refractivity contribution < 1.29 is 28.3 Å². The number of carbonyl (C=O) groups is 4. The van der Waals surface area contributed by atoms with Crippen LogP contribution in [0.25, 0.3) is 0 Å². The molecule has 0 bridgehead atoms. The van der Waals surface area contributed by atoms with Crippen LogP contribution in [0.3, 0.4) is 0 Å². The molecule has 3 rings (SSSR count). The zero-order valence-corrected chi connectivity index (χ0v) is 21.1. The van der Waals surface area contributed by atoms with Crippen molar-refractivity contribution in [1.29, 1.82) is 0 Å². The highest BCUT2D eigenvalue weighted by Crippen LogP contribution is 2.13. The van der Waals surface area contributed by atoms with Gasteiger partial charge in [0.1, 0.15) is 6.04 Å². The third kappa shape index (κ3) is 7.25. The Morgan fingerprint density at radius 2 is 1.74 bits per heavy atom. The van der Waals surface area contributed by atoms with Crippen LogP contribution < -0.4 is 5.32 Å². The Morgan fingerprint density at radius 3 is 2.34 bits per heavy atom. The van der Waals surface area contributed by atoms with Crippen LogP contribution in [0.15, 0.2) is 47.1 Å². The Kier molecular flexibility index (Phi) is 9.62. The van der Waals surface area contributed by atoms with Gasteiger partial charge >= 0.3 is 5.97 Å². The molecule has 1 aliphatic rings. The van der Waals surface area contributed by atoms with Crippen molar-refractivity contribution in [3.05, 3.63) is 59.0 Å². The first-order valence-electron chi connectivity index (χ1n) is 11.2. The van der Waals surface area contributed by atoms with Crippen LogP contribution in [-0.2, 0) is 14.3 Å². The zero-order chi connectivity index (χ0) is 25.4. The molecule has 0 unspecified atom stereocenters. The minimum absolute atomic E-state index is 0.227. The lowest BCUT2D eigenvalue weighted by molar-refractivity contribution is -0.161. The first-order valence-corrected chi connectivity index (χ1v) is 12.9. The Labute approximate surface area is 213 Å². The molecule has 11 heteroatoms. The molecule has 3 amide bonds. The fourth-order valence-electron chi connectivity index (χ4n) is 3.58. The highest BCUT2D eigenvalue weighted by atomic mass is 35.5. The van der Waals surface area contributed by atoms with Gasteiger partial charge in [-0.15, -0.1) is 0 Å². The molecule has 0 aliphatic carbocycles. The second-order valence-electron chi connectivity index (χ2n) is 7.99. The molecule has 1 aliphatic heterocycles. The van der Waals surface area contributed by atoms with E-state index in [1.807, 2.05) is 6.26 Å². The maximum Gasteiger partial charge on any atom is 0.329 e. The minimum Gasteiger partial charge on any atom is -0.459 e. The topological polar surface area (TPSA) is 109 Å². The largest absolute Gasteiger partial charge is 0.459 e. The first-order chi connectivity index (χ1) is 16.8. The summed E-state index contributed by atoms with van der Waals surface area (Å²) in [5, 5.41) is 3.19. The van der Waals surface area contributed by atoms with Crippen LogP contribution in [0.5, 0.6) is 0 Å². The van der Waals surface area contributed by atoms with Crippen LogP contribution in [0.4, 0.5) is 0 Å². The van der Waals surface area contributed by atoms with E-state index in [1.165, 1.54) is 24.9 Å².